The molecule has 1 heterocycles. The number of ether oxygens (including phenoxy) is 1. The van der Waals surface area contributed by atoms with E-state index >= 15 is 0 Å². The first-order valence-corrected chi connectivity index (χ1v) is 7.63. The van der Waals surface area contributed by atoms with Crippen LogP contribution < -0.4 is 10.1 Å². The molecule has 0 saturated carbocycles. The van der Waals surface area contributed by atoms with Gasteiger partial charge in [0.05, 0.1) is 18.8 Å². The van der Waals surface area contributed by atoms with Gasteiger partial charge in [-0.1, -0.05) is 31.2 Å². The number of nitrogens with one attached hydrogen (secondary N) is 1. The van der Waals surface area contributed by atoms with Crippen molar-refractivity contribution in [3.8, 4) is 5.75 Å². The Morgan fingerprint density at radius 1 is 1.19 bits per heavy atom. The quantitative estimate of drug-likeness (QED) is 0.838. The van der Waals surface area contributed by atoms with Crippen LogP contribution in [0.2, 0.25) is 0 Å². The lowest BCUT2D eigenvalue weighted by molar-refractivity contribution is 0.338. The van der Waals surface area contributed by atoms with Crippen molar-refractivity contribution in [3.63, 3.8) is 0 Å². The number of aromatic nitrogens is 1. The lowest BCUT2D eigenvalue weighted by atomic mass is 9.96. The molecule has 0 amide bonds. The van der Waals surface area contributed by atoms with E-state index in [4.69, 9.17) is 4.74 Å². The summed E-state index contributed by atoms with van der Waals surface area (Å²) in [6.45, 7) is 7.94. The highest BCUT2D eigenvalue weighted by atomic mass is 16.5. The fourth-order valence-corrected chi connectivity index (χ4v) is 2.45. The van der Waals surface area contributed by atoms with Crippen LogP contribution in [0.1, 0.15) is 43.0 Å². The minimum absolute atomic E-state index is 0.152. The molecule has 0 spiro atoms. The van der Waals surface area contributed by atoms with Crippen molar-refractivity contribution in [2.24, 2.45) is 0 Å². The third-order valence-corrected chi connectivity index (χ3v) is 3.48. The highest BCUT2D eigenvalue weighted by Gasteiger charge is 2.16. The summed E-state index contributed by atoms with van der Waals surface area (Å²) in [5, 5.41) is 3.62. The number of hydrogen-bond donors (Lipinski definition) is 1. The fourth-order valence-electron chi connectivity index (χ4n) is 2.45. The zero-order valence-corrected chi connectivity index (χ0v) is 13.1. The summed E-state index contributed by atoms with van der Waals surface area (Å²) in [6, 6.07) is 10.7. The van der Waals surface area contributed by atoms with Gasteiger partial charge in [0.15, 0.2) is 0 Å². The van der Waals surface area contributed by atoms with Crippen molar-refractivity contribution >= 4 is 0 Å². The van der Waals surface area contributed by atoms with Crippen LogP contribution in [-0.4, -0.2) is 18.1 Å². The molecule has 3 heteroatoms. The molecule has 0 saturated heterocycles. The number of benzene rings is 1. The number of pyridine rings is 1. The van der Waals surface area contributed by atoms with Crippen molar-refractivity contribution in [1.82, 2.24) is 10.3 Å². The molecule has 1 N–H and O–H groups in total. The molecule has 1 atom stereocenters. The second-order valence-corrected chi connectivity index (χ2v) is 5.13. The van der Waals surface area contributed by atoms with Crippen LogP contribution in [0.3, 0.4) is 0 Å². The third-order valence-electron chi connectivity index (χ3n) is 3.48. The Labute approximate surface area is 127 Å². The van der Waals surface area contributed by atoms with Gasteiger partial charge in [0.2, 0.25) is 0 Å². The number of nitrogens with zero attached hydrogens (tertiary/aromatic N) is 1. The highest BCUT2D eigenvalue weighted by Crippen LogP contribution is 2.26. The first-order valence-electron chi connectivity index (χ1n) is 7.63. The normalized spacial score (nSPS) is 12.1. The monoisotopic (exact) mass is 284 g/mol. The molecule has 1 aromatic heterocycles. The minimum atomic E-state index is 0.152. The lowest BCUT2D eigenvalue weighted by Crippen LogP contribution is -2.24. The Bertz CT molecular complexity index is 569. The Hall–Kier alpha value is -1.87. The molecule has 0 aliphatic rings. The van der Waals surface area contributed by atoms with Crippen molar-refractivity contribution in [2.75, 3.05) is 13.2 Å². The smallest absolute Gasteiger partial charge is 0.137 e. The van der Waals surface area contributed by atoms with Gasteiger partial charge in [-0.25, -0.2) is 0 Å². The van der Waals surface area contributed by atoms with Crippen LogP contribution in [0.5, 0.6) is 5.75 Å². The average Bonchev–Trinajstić information content (AvgIpc) is 2.50. The number of aryl methyl sites for hydroxylation is 1. The molecule has 21 heavy (non-hydrogen) atoms. The molecule has 0 aliphatic heterocycles. The molecule has 0 radical (unpaired) electrons. The zero-order valence-electron chi connectivity index (χ0n) is 13.1. The summed E-state index contributed by atoms with van der Waals surface area (Å²) in [4.78, 5) is 4.32. The molecule has 2 rings (SSSR count). The summed E-state index contributed by atoms with van der Waals surface area (Å²) >= 11 is 0. The molecule has 0 fully saturated rings. The van der Waals surface area contributed by atoms with Gasteiger partial charge >= 0.3 is 0 Å². The maximum atomic E-state index is 5.58. The lowest BCUT2D eigenvalue weighted by Gasteiger charge is -2.21. The van der Waals surface area contributed by atoms with Gasteiger partial charge in [-0.3, -0.25) is 4.98 Å². The van der Waals surface area contributed by atoms with Crippen LogP contribution in [0.15, 0.2) is 42.7 Å². The molecule has 3 nitrogen and oxygen atoms in total. The van der Waals surface area contributed by atoms with Crippen molar-refractivity contribution in [3.05, 3.63) is 59.4 Å². The van der Waals surface area contributed by atoms with Crippen molar-refractivity contribution in [1.29, 1.82) is 0 Å². The van der Waals surface area contributed by atoms with Gasteiger partial charge in [0.25, 0.3) is 0 Å². The maximum Gasteiger partial charge on any atom is 0.137 e. The second-order valence-electron chi connectivity index (χ2n) is 5.13. The average molecular weight is 284 g/mol. The molecular weight excluding hydrogens is 260 g/mol. The molecule has 1 unspecified atom stereocenters. The molecule has 2 aromatic rings. The van der Waals surface area contributed by atoms with Crippen LogP contribution in [0.25, 0.3) is 0 Å². The Balaban J connectivity index is 2.36. The van der Waals surface area contributed by atoms with Gasteiger partial charge in [0, 0.05) is 6.20 Å². The summed E-state index contributed by atoms with van der Waals surface area (Å²) in [7, 11) is 0. The highest BCUT2D eigenvalue weighted by molar-refractivity contribution is 5.38. The first-order chi connectivity index (χ1) is 10.3. The zero-order chi connectivity index (χ0) is 15.1. The molecular formula is C18H24N2O. The van der Waals surface area contributed by atoms with Gasteiger partial charge in [-0.05, 0) is 49.6 Å². The Morgan fingerprint density at radius 3 is 2.71 bits per heavy atom. The van der Waals surface area contributed by atoms with E-state index in [1.165, 1.54) is 11.1 Å². The topological polar surface area (TPSA) is 34.2 Å². The fraction of sp³-hybridized carbons (Fsp3) is 0.389. The number of rotatable bonds is 7. The van der Waals surface area contributed by atoms with Crippen LogP contribution in [0.4, 0.5) is 0 Å². The number of hydrogen-bond acceptors (Lipinski definition) is 3. The Kier molecular flexibility index (Phi) is 5.76. The molecule has 0 aliphatic carbocycles. The van der Waals surface area contributed by atoms with Gasteiger partial charge < -0.3 is 10.1 Å². The summed E-state index contributed by atoms with van der Waals surface area (Å²) in [5.74, 6) is 0.826. The summed E-state index contributed by atoms with van der Waals surface area (Å²) in [5.41, 5.74) is 3.72. The van der Waals surface area contributed by atoms with Crippen LogP contribution in [-0.2, 0) is 0 Å². The largest absolute Gasteiger partial charge is 0.492 e. The van der Waals surface area contributed by atoms with E-state index in [1.807, 2.05) is 13.1 Å². The van der Waals surface area contributed by atoms with E-state index in [1.54, 1.807) is 6.20 Å². The Morgan fingerprint density at radius 2 is 2.00 bits per heavy atom. The van der Waals surface area contributed by atoms with Crippen LogP contribution in [0, 0.1) is 6.92 Å². The standard InChI is InChI=1S/C18H24N2O/c1-4-10-20-18(17-9-7-6-8-14(17)3)15-11-16(21-5-2)13-19-12-15/h6-9,11-13,18,20H,4-5,10H2,1-3H3. The van der Waals surface area contributed by atoms with Crippen molar-refractivity contribution in [2.45, 2.75) is 33.2 Å². The first kappa shape index (κ1) is 15.5. The van der Waals surface area contributed by atoms with E-state index in [0.717, 1.165) is 24.3 Å². The minimum Gasteiger partial charge on any atom is -0.492 e. The van der Waals surface area contributed by atoms with Crippen LogP contribution >= 0.6 is 0 Å². The van der Waals surface area contributed by atoms with Gasteiger partial charge in [0.1, 0.15) is 5.75 Å². The van der Waals surface area contributed by atoms with E-state index in [-0.39, 0.29) is 6.04 Å². The van der Waals surface area contributed by atoms with Crippen molar-refractivity contribution < 1.29 is 4.74 Å². The molecule has 0 bridgehead atoms. The van der Waals surface area contributed by atoms with E-state index < -0.39 is 0 Å². The summed E-state index contributed by atoms with van der Waals surface area (Å²) in [6.07, 6.45) is 4.78. The van der Waals surface area contributed by atoms with E-state index in [0.29, 0.717) is 6.61 Å². The predicted molar refractivity (Wildman–Crippen MR) is 86.7 cm³/mol. The maximum absolute atomic E-state index is 5.58. The predicted octanol–water partition coefficient (Wildman–Crippen LogP) is 3.88. The second kappa shape index (κ2) is 7.79. The SMILES string of the molecule is CCCNC(c1cncc(OCC)c1)c1ccccc1C. The molecule has 1 aromatic carbocycles. The summed E-state index contributed by atoms with van der Waals surface area (Å²) < 4.78 is 5.58. The third kappa shape index (κ3) is 4.05. The van der Waals surface area contributed by atoms with E-state index in [9.17, 15) is 0 Å². The van der Waals surface area contributed by atoms with Gasteiger partial charge in [-0.15, -0.1) is 0 Å². The van der Waals surface area contributed by atoms with Gasteiger partial charge in [-0.2, -0.15) is 0 Å². The molecule has 112 valence electrons. The van der Waals surface area contributed by atoms with E-state index in [2.05, 4.69) is 54.5 Å².